The highest BCUT2D eigenvalue weighted by molar-refractivity contribution is 5.29. The van der Waals surface area contributed by atoms with E-state index in [1.165, 1.54) is 0 Å². The first-order valence-corrected chi connectivity index (χ1v) is 6.67. The molecule has 0 radical (unpaired) electrons. The predicted molar refractivity (Wildman–Crippen MR) is 76.2 cm³/mol. The molecule has 1 aromatic carbocycles. The van der Waals surface area contributed by atoms with Crippen molar-refractivity contribution in [1.29, 1.82) is 0 Å². The van der Waals surface area contributed by atoms with E-state index in [1.54, 1.807) is 18.1 Å². The third-order valence-electron chi connectivity index (χ3n) is 2.74. The summed E-state index contributed by atoms with van der Waals surface area (Å²) in [5, 5.41) is 7.54. The van der Waals surface area contributed by atoms with Crippen LogP contribution >= 0.6 is 0 Å². The van der Waals surface area contributed by atoms with Gasteiger partial charge in [-0.05, 0) is 18.7 Å². The molecule has 0 aliphatic rings. The minimum atomic E-state index is -0.105. The quantitative estimate of drug-likeness (QED) is 0.787. The number of methoxy groups -OCH3 is 1. The minimum Gasteiger partial charge on any atom is -0.455 e. The molecule has 1 aromatic heterocycles. The van der Waals surface area contributed by atoms with Gasteiger partial charge in [0.1, 0.15) is 12.4 Å². The van der Waals surface area contributed by atoms with E-state index in [-0.39, 0.29) is 6.10 Å². The Morgan fingerprint density at radius 1 is 1.30 bits per heavy atom. The van der Waals surface area contributed by atoms with Gasteiger partial charge in [-0.15, -0.1) is 5.10 Å². The number of ether oxygens (including phenoxy) is 2. The standard InChI is InChI=1S/C14H20N4O2/c1-3-15-9-13(10-19-2)20-14-16-11-18(17-14)12-7-5-4-6-8-12/h4-8,11,13,15H,3,9-10H2,1-2H3. The van der Waals surface area contributed by atoms with Gasteiger partial charge >= 0.3 is 6.01 Å². The van der Waals surface area contributed by atoms with Crippen LogP contribution in [-0.4, -0.2) is 47.7 Å². The van der Waals surface area contributed by atoms with Crippen molar-refractivity contribution in [2.24, 2.45) is 0 Å². The summed E-state index contributed by atoms with van der Waals surface area (Å²) in [6.45, 7) is 4.12. The molecule has 1 atom stereocenters. The normalized spacial score (nSPS) is 12.3. The van der Waals surface area contributed by atoms with E-state index in [1.807, 2.05) is 37.3 Å². The fourth-order valence-corrected chi connectivity index (χ4v) is 1.78. The van der Waals surface area contributed by atoms with Gasteiger partial charge in [0.2, 0.25) is 0 Å². The largest absolute Gasteiger partial charge is 0.455 e. The van der Waals surface area contributed by atoms with Gasteiger partial charge in [-0.25, -0.2) is 4.68 Å². The van der Waals surface area contributed by atoms with Crippen molar-refractivity contribution in [2.45, 2.75) is 13.0 Å². The second-order valence-corrected chi connectivity index (χ2v) is 4.31. The Bertz CT molecular complexity index is 501. The number of nitrogens with zero attached hydrogens (tertiary/aromatic N) is 3. The van der Waals surface area contributed by atoms with Gasteiger partial charge in [-0.2, -0.15) is 4.98 Å². The Kier molecular flexibility index (Phi) is 5.52. The van der Waals surface area contributed by atoms with Gasteiger partial charge in [0.25, 0.3) is 0 Å². The lowest BCUT2D eigenvalue weighted by molar-refractivity contribution is 0.0745. The monoisotopic (exact) mass is 276 g/mol. The number of benzene rings is 1. The molecule has 0 saturated carbocycles. The van der Waals surface area contributed by atoms with E-state index in [0.717, 1.165) is 12.2 Å². The highest BCUT2D eigenvalue weighted by Gasteiger charge is 2.13. The van der Waals surface area contributed by atoms with Crippen molar-refractivity contribution < 1.29 is 9.47 Å². The fourth-order valence-electron chi connectivity index (χ4n) is 1.78. The Labute approximate surface area is 118 Å². The zero-order valence-corrected chi connectivity index (χ0v) is 11.8. The van der Waals surface area contributed by atoms with Gasteiger partial charge in [0.05, 0.1) is 12.3 Å². The van der Waals surface area contributed by atoms with Crippen molar-refractivity contribution in [3.63, 3.8) is 0 Å². The van der Waals surface area contributed by atoms with Crippen LogP contribution in [0.2, 0.25) is 0 Å². The number of para-hydroxylation sites is 1. The summed E-state index contributed by atoms with van der Waals surface area (Å²) in [6, 6.07) is 10.2. The Morgan fingerprint density at radius 3 is 2.80 bits per heavy atom. The summed E-state index contributed by atoms with van der Waals surface area (Å²) in [4.78, 5) is 4.17. The van der Waals surface area contributed by atoms with Gasteiger partial charge in [-0.3, -0.25) is 0 Å². The molecule has 6 heteroatoms. The Morgan fingerprint density at radius 2 is 2.10 bits per heavy atom. The lowest BCUT2D eigenvalue weighted by Crippen LogP contribution is -2.35. The van der Waals surface area contributed by atoms with E-state index in [9.17, 15) is 0 Å². The van der Waals surface area contributed by atoms with Gasteiger partial charge < -0.3 is 14.8 Å². The first-order valence-electron chi connectivity index (χ1n) is 6.67. The van der Waals surface area contributed by atoms with Crippen LogP contribution in [0, 0.1) is 0 Å². The predicted octanol–water partition coefficient (Wildman–Crippen LogP) is 1.27. The molecule has 0 spiro atoms. The van der Waals surface area contributed by atoms with Crippen molar-refractivity contribution in [3.05, 3.63) is 36.7 Å². The number of hydrogen-bond donors (Lipinski definition) is 1. The second-order valence-electron chi connectivity index (χ2n) is 4.31. The first-order chi connectivity index (χ1) is 9.83. The number of aromatic nitrogens is 3. The van der Waals surface area contributed by atoms with Crippen LogP contribution in [0.25, 0.3) is 5.69 Å². The maximum Gasteiger partial charge on any atom is 0.336 e. The van der Waals surface area contributed by atoms with Gasteiger partial charge in [0.15, 0.2) is 0 Å². The van der Waals surface area contributed by atoms with Crippen molar-refractivity contribution in [1.82, 2.24) is 20.1 Å². The van der Waals surface area contributed by atoms with Crippen molar-refractivity contribution in [3.8, 4) is 11.7 Å². The van der Waals surface area contributed by atoms with Crippen LogP contribution < -0.4 is 10.1 Å². The Balaban J connectivity index is 2.00. The molecule has 0 fully saturated rings. The lowest BCUT2D eigenvalue weighted by Gasteiger charge is -2.15. The maximum absolute atomic E-state index is 5.73. The van der Waals surface area contributed by atoms with Crippen molar-refractivity contribution >= 4 is 0 Å². The third kappa shape index (κ3) is 4.04. The molecule has 2 rings (SSSR count). The molecule has 20 heavy (non-hydrogen) atoms. The summed E-state index contributed by atoms with van der Waals surface area (Å²) in [5.41, 5.74) is 0.949. The molecule has 1 N–H and O–H groups in total. The topological polar surface area (TPSA) is 61.2 Å². The molecule has 1 heterocycles. The number of likely N-dealkylation sites (N-methyl/N-ethyl adjacent to an activating group) is 1. The van der Waals surface area contributed by atoms with Crippen LogP contribution in [0.15, 0.2) is 36.7 Å². The highest BCUT2D eigenvalue weighted by Crippen LogP contribution is 2.09. The summed E-state index contributed by atoms with van der Waals surface area (Å²) >= 11 is 0. The molecular weight excluding hydrogens is 256 g/mol. The summed E-state index contributed by atoms with van der Waals surface area (Å²) in [5.74, 6) is 0. The molecule has 6 nitrogen and oxygen atoms in total. The van der Waals surface area contributed by atoms with Crippen LogP contribution in [0.4, 0.5) is 0 Å². The summed E-state index contributed by atoms with van der Waals surface area (Å²) in [7, 11) is 1.65. The highest BCUT2D eigenvalue weighted by atomic mass is 16.5. The van der Waals surface area contributed by atoms with E-state index in [2.05, 4.69) is 15.4 Å². The average Bonchev–Trinajstić information content (AvgIpc) is 2.94. The van der Waals surface area contributed by atoms with Crippen LogP contribution in [0.1, 0.15) is 6.92 Å². The van der Waals surface area contributed by atoms with E-state index >= 15 is 0 Å². The zero-order valence-electron chi connectivity index (χ0n) is 11.8. The summed E-state index contributed by atoms with van der Waals surface area (Å²) in [6.07, 6.45) is 1.54. The van der Waals surface area contributed by atoms with E-state index < -0.39 is 0 Å². The van der Waals surface area contributed by atoms with Gasteiger partial charge in [-0.1, -0.05) is 25.1 Å². The molecule has 0 bridgehead atoms. The smallest absolute Gasteiger partial charge is 0.336 e. The SMILES string of the molecule is CCNCC(COC)Oc1ncn(-c2ccccc2)n1. The first kappa shape index (κ1) is 14.5. The molecule has 0 saturated heterocycles. The van der Waals surface area contributed by atoms with Crippen LogP contribution in [-0.2, 0) is 4.74 Å². The zero-order chi connectivity index (χ0) is 14.2. The number of hydrogen-bond acceptors (Lipinski definition) is 5. The molecule has 0 aliphatic carbocycles. The van der Waals surface area contributed by atoms with Gasteiger partial charge in [0, 0.05) is 13.7 Å². The minimum absolute atomic E-state index is 0.105. The molecule has 108 valence electrons. The fraction of sp³-hybridized carbons (Fsp3) is 0.429. The molecule has 2 aromatic rings. The molecule has 1 unspecified atom stereocenters. The molecular formula is C14H20N4O2. The average molecular weight is 276 g/mol. The third-order valence-corrected chi connectivity index (χ3v) is 2.74. The van der Waals surface area contributed by atoms with Crippen LogP contribution in [0.5, 0.6) is 6.01 Å². The summed E-state index contributed by atoms with van der Waals surface area (Å²) < 4.78 is 12.6. The number of nitrogens with one attached hydrogen (secondary N) is 1. The van der Waals surface area contributed by atoms with Crippen molar-refractivity contribution in [2.75, 3.05) is 26.8 Å². The van der Waals surface area contributed by atoms with Crippen LogP contribution in [0.3, 0.4) is 0 Å². The Hall–Kier alpha value is -1.92. The second kappa shape index (κ2) is 7.62. The van der Waals surface area contributed by atoms with E-state index in [0.29, 0.717) is 19.2 Å². The molecule has 0 amide bonds. The maximum atomic E-state index is 5.73. The molecule has 0 aliphatic heterocycles. The number of rotatable bonds is 8. The lowest BCUT2D eigenvalue weighted by atomic mass is 10.3. The van der Waals surface area contributed by atoms with E-state index in [4.69, 9.17) is 9.47 Å².